The average molecular weight is 302 g/mol. The molecule has 0 saturated carbocycles. The van der Waals surface area contributed by atoms with Crippen LogP contribution >= 0.6 is 0 Å². The summed E-state index contributed by atoms with van der Waals surface area (Å²) in [5.41, 5.74) is 1.16. The number of anilines is 1. The molecule has 6 heteroatoms. The van der Waals surface area contributed by atoms with Crippen molar-refractivity contribution in [3.8, 4) is 5.75 Å². The Kier molecular flexibility index (Phi) is 3.91. The van der Waals surface area contributed by atoms with Crippen molar-refractivity contribution < 1.29 is 14.1 Å². The third kappa shape index (κ3) is 3.00. The van der Waals surface area contributed by atoms with E-state index in [0.717, 1.165) is 23.8 Å². The third-order valence-electron chi connectivity index (χ3n) is 3.70. The van der Waals surface area contributed by atoms with E-state index in [1.54, 1.807) is 0 Å². The number of nitro benzene ring substituents is 1. The molecule has 3 rings (SSSR count). The highest BCUT2D eigenvalue weighted by atomic mass is 19.1. The predicted molar refractivity (Wildman–Crippen MR) is 80.7 cm³/mol. The summed E-state index contributed by atoms with van der Waals surface area (Å²) in [6, 6.07) is 11.5. The zero-order valence-electron chi connectivity index (χ0n) is 11.8. The van der Waals surface area contributed by atoms with Gasteiger partial charge in [0, 0.05) is 18.5 Å². The Labute approximate surface area is 126 Å². The summed E-state index contributed by atoms with van der Waals surface area (Å²) in [7, 11) is 0. The van der Waals surface area contributed by atoms with E-state index in [0.29, 0.717) is 13.2 Å². The minimum Gasteiger partial charge on any atom is -0.493 e. The van der Waals surface area contributed by atoms with Crippen molar-refractivity contribution in [3.63, 3.8) is 0 Å². The fourth-order valence-electron chi connectivity index (χ4n) is 2.54. The fraction of sp³-hybridized carbons (Fsp3) is 0.250. The zero-order chi connectivity index (χ0) is 15.5. The zero-order valence-corrected chi connectivity index (χ0v) is 11.8. The van der Waals surface area contributed by atoms with Crippen molar-refractivity contribution in [2.24, 2.45) is 5.92 Å². The Balaban J connectivity index is 1.63. The lowest BCUT2D eigenvalue weighted by Crippen LogP contribution is -2.27. The summed E-state index contributed by atoms with van der Waals surface area (Å²) in [5, 5.41) is 13.6. The Morgan fingerprint density at radius 3 is 2.91 bits per heavy atom. The number of para-hydroxylation sites is 1. The number of rotatable bonds is 4. The number of halogens is 1. The molecule has 114 valence electrons. The van der Waals surface area contributed by atoms with Crippen LogP contribution in [0, 0.1) is 21.8 Å². The molecular weight excluding hydrogens is 287 g/mol. The number of benzene rings is 2. The maximum atomic E-state index is 13.8. The summed E-state index contributed by atoms with van der Waals surface area (Å²) in [4.78, 5) is 9.98. The first-order chi connectivity index (χ1) is 10.6. The maximum absolute atomic E-state index is 13.8. The first kappa shape index (κ1) is 14.3. The first-order valence-electron chi connectivity index (χ1n) is 7.02. The minimum absolute atomic E-state index is 0.226. The molecule has 0 saturated heterocycles. The quantitative estimate of drug-likeness (QED) is 0.694. The van der Waals surface area contributed by atoms with E-state index in [2.05, 4.69) is 5.32 Å². The Morgan fingerprint density at radius 1 is 1.32 bits per heavy atom. The van der Waals surface area contributed by atoms with E-state index in [-0.39, 0.29) is 17.3 Å². The standard InChI is InChI=1S/C16H15FN2O3/c17-14-8-13(19(20)21)5-6-15(14)18-9-11-7-12-3-1-2-4-16(12)22-10-11/h1-6,8,11,18H,7,9-10H2/t11-/m1/s1. The normalized spacial score (nSPS) is 16.5. The third-order valence-corrected chi connectivity index (χ3v) is 3.70. The second kappa shape index (κ2) is 6.01. The van der Waals surface area contributed by atoms with Gasteiger partial charge in [-0.3, -0.25) is 10.1 Å². The van der Waals surface area contributed by atoms with Crippen molar-refractivity contribution in [3.05, 3.63) is 64.0 Å². The van der Waals surface area contributed by atoms with Gasteiger partial charge in [-0.25, -0.2) is 4.39 Å². The number of nitro groups is 1. The molecule has 0 aromatic heterocycles. The van der Waals surface area contributed by atoms with Crippen LogP contribution in [0.2, 0.25) is 0 Å². The molecule has 0 radical (unpaired) electrons. The van der Waals surface area contributed by atoms with Gasteiger partial charge in [-0.2, -0.15) is 0 Å². The molecule has 1 atom stereocenters. The lowest BCUT2D eigenvalue weighted by Gasteiger charge is -2.25. The molecule has 1 aliphatic heterocycles. The van der Waals surface area contributed by atoms with E-state index in [9.17, 15) is 14.5 Å². The molecular formula is C16H15FN2O3. The summed E-state index contributed by atoms with van der Waals surface area (Å²) in [6.07, 6.45) is 0.859. The molecule has 0 fully saturated rings. The number of non-ortho nitro benzene ring substituents is 1. The maximum Gasteiger partial charge on any atom is 0.272 e. The topological polar surface area (TPSA) is 64.4 Å². The van der Waals surface area contributed by atoms with Gasteiger partial charge in [0.1, 0.15) is 5.75 Å². The summed E-state index contributed by atoms with van der Waals surface area (Å²) >= 11 is 0. The molecule has 1 heterocycles. The molecule has 0 spiro atoms. The molecule has 5 nitrogen and oxygen atoms in total. The van der Waals surface area contributed by atoms with E-state index in [4.69, 9.17) is 4.74 Å². The van der Waals surface area contributed by atoms with E-state index < -0.39 is 10.7 Å². The van der Waals surface area contributed by atoms with Crippen LogP contribution in [-0.4, -0.2) is 18.1 Å². The molecule has 0 aliphatic carbocycles. The fourth-order valence-corrected chi connectivity index (χ4v) is 2.54. The molecule has 0 unspecified atom stereocenters. The molecule has 2 aromatic carbocycles. The van der Waals surface area contributed by atoms with Crippen molar-refractivity contribution >= 4 is 11.4 Å². The van der Waals surface area contributed by atoms with E-state index >= 15 is 0 Å². The predicted octanol–water partition coefficient (Wildman–Crippen LogP) is 3.40. The Hall–Kier alpha value is -2.63. The second-order valence-corrected chi connectivity index (χ2v) is 5.29. The molecule has 2 aromatic rings. The monoisotopic (exact) mass is 302 g/mol. The highest BCUT2D eigenvalue weighted by Gasteiger charge is 2.20. The van der Waals surface area contributed by atoms with Crippen LogP contribution in [0.5, 0.6) is 5.75 Å². The second-order valence-electron chi connectivity index (χ2n) is 5.29. The van der Waals surface area contributed by atoms with Crippen LogP contribution < -0.4 is 10.1 Å². The van der Waals surface area contributed by atoms with Crippen molar-refractivity contribution in [1.82, 2.24) is 0 Å². The molecule has 0 amide bonds. The summed E-state index contributed by atoms with van der Waals surface area (Å²) in [5.74, 6) is 0.510. The summed E-state index contributed by atoms with van der Waals surface area (Å²) in [6.45, 7) is 1.11. The lowest BCUT2D eigenvalue weighted by atomic mass is 9.96. The SMILES string of the molecule is O=[N+]([O-])c1ccc(NC[C@@H]2COc3ccccc3C2)c(F)c1. The molecule has 0 bridgehead atoms. The van der Waals surface area contributed by atoms with Gasteiger partial charge in [0.15, 0.2) is 5.82 Å². The van der Waals surface area contributed by atoms with Crippen LogP contribution in [0.15, 0.2) is 42.5 Å². The van der Waals surface area contributed by atoms with Crippen LogP contribution in [0.3, 0.4) is 0 Å². The number of hydrogen-bond donors (Lipinski definition) is 1. The van der Waals surface area contributed by atoms with Crippen molar-refractivity contribution in [1.29, 1.82) is 0 Å². The number of nitrogens with zero attached hydrogens (tertiary/aromatic N) is 1. The van der Waals surface area contributed by atoms with Gasteiger partial charge in [0.05, 0.1) is 23.3 Å². The van der Waals surface area contributed by atoms with Gasteiger partial charge >= 0.3 is 0 Å². The number of nitrogens with one attached hydrogen (secondary N) is 1. The minimum atomic E-state index is -0.619. The van der Waals surface area contributed by atoms with E-state index in [1.807, 2.05) is 24.3 Å². The smallest absolute Gasteiger partial charge is 0.272 e. The molecule has 22 heavy (non-hydrogen) atoms. The van der Waals surface area contributed by atoms with Crippen LogP contribution in [0.25, 0.3) is 0 Å². The average Bonchev–Trinajstić information content (AvgIpc) is 2.53. The Bertz CT molecular complexity index is 706. The molecule has 1 aliphatic rings. The lowest BCUT2D eigenvalue weighted by molar-refractivity contribution is -0.385. The largest absolute Gasteiger partial charge is 0.493 e. The first-order valence-corrected chi connectivity index (χ1v) is 7.02. The number of ether oxygens (including phenoxy) is 1. The van der Waals surface area contributed by atoms with Crippen molar-refractivity contribution in [2.45, 2.75) is 6.42 Å². The van der Waals surface area contributed by atoms with Crippen molar-refractivity contribution in [2.75, 3.05) is 18.5 Å². The van der Waals surface area contributed by atoms with Crippen LogP contribution in [0.4, 0.5) is 15.8 Å². The Morgan fingerprint density at radius 2 is 2.14 bits per heavy atom. The van der Waals surface area contributed by atoms with Gasteiger partial charge in [-0.15, -0.1) is 0 Å². The van der Waals surface area contributed by atoms with Crippen LogP contribution in [-0.2, 0) is 6.42 Å². The molecule has 1 N–H and O–H groups in total. The van der Waals surface area contributed by atoms with Crippen LogP contribution in [0.1, 0.15) is 5.56 Å². The van der Waals surface area contributed by atoms with Gasteiger partial charge < -0.3 is 10.1 Å². The number of fused-ring (bicyclic) bond motifs is 1. The van der Waals surface area contributed by atoms with Gasteiger partial charge in [0.2, 0.25) is 0 Å². The highest BCUT2D eigenvalue weighted by Crippen LogP contribution is 2.27. The highest BCUT2D eigenvalue weighted by molar-refractivity contribution is 5.50. The van der Waals surface area contributed by atoms with Gasteiger partial charge in [-0.1, -0.05) is 18.2 Å². The summed E-state index contributed by atoms with van der Waals surface area (Å²) < 4.78 is 19.5. The number of hydrogen-bond acceptors (Lipinski definition) is 4. The van der Waals surface area contributed by atoms with E-state index in [1.165, 1.54) is 12.1 Å². The van der Waals surface area contributed by atoms with Gasteiger partial charge in [-0.05, 0) is 24.1 Å². The van der Waals surface area contributed by atoms with Gasteiger partial charge in [0.25, 0.3) is 5.69 Å².